The van der Waals surface area contributed by atoms with E-state index in [0.717, 1.165) is 28.3 Å². The zero-order valence-electron chi connectivity index (χ0n) is 17.3. The Morgan fingerprint density at radius 2 is 1.68 bits per heavy atom. The van der Waals surface area contributed by atoms with Crippen molar-refractivity contribution in [2.45, 2.75) is 6.61 Å². The van der Waals surface area contributed by atoms with Crippen molar-refractivity contribution in [2.24, 2.45) is 10.7 Å². The fourth-order valence-corrected chi connectivity index (χ4v) is 3.84. The zero-order valence-corrected chi connectivity index (χ0v) is 17.3. The van der Waals surface area contributed by atoms with Gasteiger partial charge in [0, 0.05) is 18.3 Å². The van der Waals surface area contributed by atoms with Gasteiger partial charge in [-0.05, 0) is 52.2 Å². The van der Waals surface area contributed by atoms with Crippen LogP contribution in [0.2, 0.25) is 0 Å². The SMILES string of the molecule is CN(C(N)=Nc1ccc2cccc3c2c1C=C3)c1ccc(OCc2ccccc2)cc1. The molecule has 0 spiro atoms. The molecule has 0 fully saturated rings. The maximum atomic E-state index is 6.36. The highest BCUT2D eigenvalue weighted by Gasteiger charge is 2.14. The normalized spacial score (nSPS) is 12.4. The molecule has 0 bridgehead atoms. The Morgan fingerprint density at radius 1 is 0.871 bits per heavy atom. The summed E-state index contributed by atoms with van der Waals surface area (Å²) in [5, 5.41) is 2.45. The summed E-state index contributed by atoms with van der Waals surface area (Å²) in [5.74, 6) is 1.25. The van der Waals surface area contributed by atoms with Gasteiger partial charge in [-0.2, -0.15) is 0 Å². The molecule has 5 rings (SSSR count). The van der Waals surface area contributed by atoms with E-state index in [0.29, 0.717) is 12.6 Å². The van der Waals surface area contributed by atoms with Crippen molar-refractivity contribution in [3.8, 4) is 5.75 Å². The van der Waals surface area contributed by atoms with Crippen molar-refractivity contribution in [2.75, 3.05) is 11.9 Å². The Hall–Kier alpha value is -4.05. The van der Waals surface area contributed by atoms with E-state index in [1.54, 1.807) is 0 Å². The third kappa shape index (κ3) is 3.76. The first kappa shape index (κ1) is 18.9. The van der Waals surface area contributed by atoms with Crippen LogP contribution in [0.25, 0.3) is 22.9 Å². The van der Waals surface area contributed by atoms with Crippen LogP contribution in [0.15, 0.2) is 89.9 Å². The number of benzene rings is 4. The van der Waals surface area contributed by atoms with Gasteiger partial charge in [0.25, 0.3) is 0 Å². The first-order valence-corrected chi connectivity index (χ1v) is 10.3. The van der Waals surface area contributed by atoms with Crippen LogP contribution < -0.4 is 15.4 Å². The molecular formula is C27H23N3O. The Bertz CT molecular complexity index is 1290. The van der Waals surface area contributed by atoms with Crippen LogP contribution in [0.1, 0.15) is 16.7 Å². The molecule has 0 amide bonds. The van der Waals surface area contributed by atoms with E-state index in [4.69, 9.17) is 15.5 Å². The largest absolute Gasteiger partial charge is 0.489 e. The lowest BCUT2D eigenvalue weighted by molar-refractivity contribution is 0.306. The summed E-state index contributed by atoms with van der Waals surface area (Å²) < 4.78 is 5.87. The van der Waals surface area contributed by atoms with Crippen LogP contribution in [0, 0.1) is 0 Å². The molecule has 4 heteroatoms. The molecule has 1 aliphatic carbocycles. The van der Waals surface area contributed by atoms with Crippen LogP contribution in [0.5, 0.6) is 5.75 Å². The first-order chi connectivity index (χ1) is 15.2. The molecule has 4 nitrogen and oxygen atoms in total. The number of ether oxygens (including phenoxy) is 1. The number of rotatable bonds is 5. The second-order valence-corrected chi connectivity index (χ2v) is 7.57. The average molecular weight is 406 g/mol. The second-order valence-electron chi connectivity index (χ2n) is 7.57. The molecule has 0 radical (unpaired) electrons. The Labute approximate surface area is 181 Å². The van der Waals surface area contributed by atoms with Gasteiger partial charge in [0.2, 0.25) is 5.96 Å². The molecule has 31 heavy (non-hydrogen) atoms. The third-order valence-corrected chi connectivity index (χ3v) is 5.58. The first-order valence-electron chi connectivity index (χ1n) is 10.3. The quantitative estimate of drug-likeness (QED) is 0.289. The summed E-state index contributed by atoms with van der Waals surface area (Å²) >= 11 is 0. The highest BCUT2D eigenvalue weighted by Crippen LogP contribution is 2.37. The van der Waals surface area contributed by atoms with Gasteiger partial charge < -0.3 is 15.4 Å². The summed E-state index contributed by atoms with van der Waals surface area (Å²) in [6.07, 6.45) is 4.24. The molecule has 1 aliphatic rings. The summed E-state index contributed by atoms with van der Waals surface area (Å²) in [4.78, 5) is 6.60. The van der Waals surface area contributed by atoms with E-state index in [9.17, 15) is 0 Å². The highest BCUT2D eigenvalue weighted by molar-refractivity contribution is 6.08. The number of hydrogen-bond acceptors (Lipinski definition) is 2. The fourth-order valence-electron chi connectivity index (χ4n) is 3.84. The lowest BCUT2D eigenvalue weighted by atomic mass is 10.0. The Morgan fingerprint density at radius 3 is 2.48 bits per heavy atom. The Balaban J connectivity index is 1.33. The van der Waals surface area contributed by atoms with Crippen LogP contribution in [0.4, 0.5) is 11.4 Å². The molecule has 4 aromatic carbocycles. The topological polar surface area (TPSA) is 50.8 Å². The van der Waals surface area contributed by atoms with Crippen LogP contribution >= 0.6 is 0 Å². The summed E-state index contributed by atoms with van der Waals surface area (Å²) in [6.45, 7) is 0.542. The minimum Gasteiger partial charge on any atom is -0.489 e. The fraction of sp³-hybridized carbons (Fsp3) is 0.0741. The number of aliphatic imine (C=N–C) groups is 1. The molecule has 0 saturated heterocycles. The smallest absolute Gasteiger partial charge is 0.200 e. The van der Waals surface area contributed by atoms with E-state index in [1.165, 1.54) is 16.3 Å². The van der Waals surface area contributed by atoms with Gasteiger partial charge in [-0.3, -0.25) is 0 Å². The molecule has 0 saturated carbocycles. The van der Waals surface area contributed by atoms with E-state index in [1.807, 2.05) is 60.5 Å². The van der Waals surface area contributed by atoms with E-state index in [2.05, 4.69) is 48.6 Å². The molecule has 152 valence electrons. The molecule has 4 aromatic rings. The molecule has 0 aromatic heterocycles. The lowest BCUT2D eigenvalue weighted by Crippen LogP contribution is -2.33. The molecule has 2 N–H and O–H groups in total. The van der Waals surface area contributed by atoms with Gasteiger partial charge in [0.05, 0.1) is 5.69 Å². The summed E-state index contributed by atoms with van der Waals surface area (Å²) in [5.41, 5.74) is 11.7. The number of nitrogens with zero attached hydrogens (tertiary/aromatic N) is 2. The minimum atomic E-state index is 0.436. The van der Waals surface area contributed by atoms with E-state index in [-0.39, 0.29) is 0 Å². The third-order valence-electron chi connectivity index (χ3n) is 5.58. The predicted molar refractivity (Wildman–Crippen MR) is 130 cm³/mol. The maximum absolute atomic E-state index is 6.36. The van der Waals surface area contributed by atoms with Gasteiger partial charge in [-0.25, -0.2) is 4.99 Å². The van der Waals surface area contributed by atoms with Crippen molar-refractivity contribution in [3.05, 3.63) is 102 Å². The van der Waals surface area contributed by atoms with Gasteiger partial charge in [-0.1, -0.05) is 66.7 Å². The monoisotopic (exact) mass is 405 g/mol. The summed E-state index contributed by atoms with van der Waals surface area (Å²) in [6, 6.07) is 28.5. The second kappa shape index (κ2) is 8.00. The zero-order chi connectivity index (χ0) is 21.2. The van der Waals surface area contributed by atoms with Gasteiger partial charge in [0.1, 0.15) is 12.4 Å². The standard InChI is InChI=1S/C27H23N3O/c1-30(22-12-14-23(15-13-22)31-18-19-6-3-2-4-7-19)27(28)29-25-17-11-21-9-5-8-20-10-16-24(25)26(20)21/h2-17H,18H2,1H3,(H2,28,29). The maximum Gasteiger partial charge on any atom is 0.200 e. The van der Waals surface area contributed by atoms with Crippen LogP contribution in [0.3, 0.4) is 0 Å². The Kier molecular flexibility index (Phi) is 4.89. The summed E-state index contributed by atoms with van der Waals surface area (Å²) in [7, 11) is 1.92. The van der Waals surface area contributed by atoms with Crippen molar-refractivity contribution in [1.82, 2.24) is 0 Å². The van der Waals surface area contributed by atoms with Gasteiger partial charge in [-0.15, -0.1) is 0 Å². The average Bonchev–Trinajstić information content (AvgIpc) is 3.26. The number of anilines is 1. The lowest BCUT2D eigenvalue weighted by Gasteiger charge is -2.19. The van der Waals surface area contributed by atoms with Gasteiger partial charge in [0.15, 0.2) is 0 Å². The number of guanidine groups is 1. The van der Waals surface area contributed by atoms with Crippen molar-refractivity contribution < 1.29 is 4.74 Å². The molecule has 0 heterocycles. The number of hydrogen-bond donors (Lipinski definition) is 1. The van der Waals surface area contributed by atoms with Crippen molar-refractivity contribution in [3.63, 3.8) is 0 Å². The molecular weight excluding hydrogens is 382 g/mol. The minimum absolute atomic E-state index is 0.436. The van der Waals surface area contributed by atoms with Crippen molar-refractivity contribution in [1.29, 1.82) is 0 Å². The molecule has 0 aliphatic heterocycles. The van der Waals surface area contributed by atoms with E-state index >= 15 is 0 Å². The number of nitrogens with two attached hydrogens (primary N) is 1. The van der Waals surface area contributed by atoms with Crippen LogP contribution in [-0.4, -0.2) is 13.0 Å². The highest BCUT2D eigenvalue weighted by atomic mass is 16.5. The van der Waals surface area contributed by atoms with Gasteiger partial charge >= 0.3 is 0 Å². The molecule has 0 unspecified atom stereocenters. The van der Waals surface area contributed by atoms with Crippen molar-refractivity contribution >= 4 is 40.3 Å². The van der Waals surface area contributed by atoms with E-state index < -0.39 is 0 Å². The van der Waals surface area contributed by atoms with Crippen LogP contribution in [-0.2, 0) is 6.61 Å². The molecule has 0 atom stereocenters. The predicted octanol–water partition coefficient (Wildman–Crippen LogP) is 5.99.